The minimum atomic E-state index is 0. The maximum Gasteiger partial charge on any atom is 0.227 e. The number of hydrogen-bond acceptors (Lipinski definition) is 2. The van der Waals surface area contributed by atoms with E-state index in [-0.39, 0.29) is 29.9 Å². The zero-order valence-electron chi connectivity index (χ0n) is 15.7. The van der Waals surface area contributed by atoms with Crippen LogP contribution in [0, 0.1) is 0 Å². The van der Waals surface area contributed by atoms with Gasteiger partial charge in [0, 0.05) is 57.7 Å². The summed E-state index contributed by atoms with van der Waals surface area (Å²) in [6.45, 7) is 3.22. The number of benzene rings is 1. The Hall–Kier alpha value is -2.03. The van der Waals surface area contributed by atoms with Gasteiger partial charge in [0.2, 0.25) is 5.91 Å². The molecule has 27 heavy (non-hydrogen) atoms. The molecule has 7 heteroatoms. The number of carbonyl (C=O) groups excluding carboxylic acids is 1. The van der Waals surface area contributed by atoms with Gasteiger partial charge in [0.05, 0.1) is 0 Å². The number of nitrogens with zero attached hydrogens (tertiary/aromatic N) is 3. The molecule has 3 rings (SSSR count). The lowest BCUT2D eigenvalue weighted by Gasteiger charge is -2.17. The maximum absolute atomic E-state index is 12.5. The monoisotopic (exact) mass is 481 g/mol. The van der Waals surface area contributed by atoms with Gasteiger partial charge in [-0.25, -0.2) is 0 Å². The molecule has 6 nitrogen and oxygen atoms in total. The van der Waals surface area contributed by atoms with Crippen LogP contribution in [0.4, 0.5) is 5.69 Å². The van der Waals surface area contributed by atoms with Crippen LogP contribution in [-0.4, -0.2) is 43.1 Å². The average molecular weight is 481 g/mol. The first-order valence-electron chi connectivity index (χ1n) is 9.21. The molecular weight excluding hydrogens is 453 g/mol. The molecule has 0 bridgehead atoms. The van der Waals surface area contributed by atoms with Crippen molar-refractivity contribution in [3.05, 3.63) is 54.4 Å². The Bertz CT molecular complexity index is 745. The molecule has 1 aromatic heterocycles. The van der Waals surface area contributed by atoms with E-state index in [9.17, 15) is 4.79 Å². The Balaban J connectivity index is 0.00000261. The molecule has 0 aliphatic carbocycles. The highest BCUT2D eigenvalue weighted by Gasteiger charge is 2.23. The lowest BCUT2D eigenvalue weighted by atomic mass is 10.2. The lowest BCUT2D eigenvalue weighted by molar-refractivity contribution is -0.118. The van der Waals surface area contributed by atoms with Crippen LogP contribution < -0.4 is 15.5 Å². The smallest absolute Gasteiger partial charge is 0.227 e. The lowest BCUT2D eigenvalue weighted by Crippen LogP contribution is -2.39. The fourth-order valence-electron chi connectivity index (χ4n) is 3.22. The van der Waals surface area contributed by atoms with Gasteiger partial charge in [0.15, 0.2) is 5.96 Å². The van der Waals surface area contributed by atoms with Gasteiger partial charge in [0.1, 0.15) is 0 Å². The van der Waals surface area contributed by atoms with Crippen molar-refractivity contribution < 1.29 is 4.79 Å². The van der Waals surface area contributed by atoms with E-state index in [4.69, 9.17) is 0 Å². The molecule has 0 fully saturated rings. The number of rotatable bonds is 7. The highest BCUT2D eigenvalue weighted by Crippen LogP contribution is 2.27. The van der Waals surface area contributed by atoms with Crippen LogP contribution in [-0.2, 0) is 17.8 Å². The van der Waals surface area contributed by atoms with Crippen molar-refractivity contribution in [2.45, 2.75) is 25.8 Å². The summed E-state index contributed by atoms with van der Waals surface area (Å²) in [6.07, 6.45) is 6.37. The zero-order chi connectivity index (χ0) is 18.2. The summed E-state index contributed by atoms with van der Waals surface area (Å²) >= 11 is 0. The van der Waals surface area contributed by atoms with Gasteiger partial charge in [-0.2, -0.15) is 0 Å². The highest BCUT2D eigenvalue weighted by molar-refractivity contribution is 14.0. The molecular formula is C20H28IN5O. The molecule has 1 aliphatic heterocycles. The number of halogens is 1. The summed E-state index contributed by atoms with van der Waals surface area (Å²) in [5.74, 6) is 0.975. The number of hydrogen-bond donors (Lipinski definition) is 2. The van der Waals surface area contributed by atoms with Crippen molar-refractivity contribution in [3.63, 3.8) is 0 Å². The molecule has 1 aromatic carbocycles. The van der Waals surface area contributed by atoms with E-state index >= 15 is 0 Å². The highest BCUT2D eigenvalue weighted by atomic mass is 127. The van der Waals surface area contributed by atoms with E-state index in [1.165, 1.54) is 5.56 Å². The standard InChI is InChI=1S/C20H27N5O.HI/c1-21-20(23-12-16-24-13-4-5-14-24)22-11-6-9-19(26)25-15-10-17-7-2-3-8-18(17)25;/h2-5,7-8,13-14H,6,9-12,15-16H2,1H3,(H2,21,22,23);1H. The van der Waals surface area contributed by atoms with Crippen LogP contribution in [0.15, 0.2) is 53.8 Å². The van der Waals surface area contributed by atoms with Crippen molar-refractivity contribution in [2.24, 2.45) is 4.99 Å². The predicted octanol–water partition coefficient (Wildman–Crippen LogP) is 2.64. The number of aromatic nitrogens is 1. The molecule has 2 N–H and O–H groups in total. The van der Waals surface area contributed by atoms with Gasteiger partial charge in [0.25, 0.3) is 0 Å². The second-order valence-corrected chi connectivity index (χ2v) is 6.37. The number of para-hydroxylation sites is 1. The van der Waals surface area contributed by atoms with Crippen LogP contribution in [0.1, 0.15) is 18.4 Å². The van der Waals surface area contributed by atoms with Gasteiger partial charge >= 0.3 is 0 Å². The van der Waals surface area contributed by atoms with Gasteiger partial charge in [-0.3, -0.25) is 9.79 Å². The fraction of sp³-hybridized carbons (Fsp3) is 0.400. The molecule has 2 heterocycles. The first kappa shape index (κ1) is 21.3. The van der Waals surface area contributed by atoms with E-state index in [1.54, 1.807) is 7.05 Å². The van der Waals surface area contributed by atoms with E-state index < -0.39 is 0 Å². The Morgan fingerprint density at radius 1 is 1.11 bits per heavy atom. The maximum atomic E-state index is 12.5. The summed E-state index contributed by atoms with van der Waals surface area (Å²) in [5.41, 5.74) is 2.35. The molecule has 2 aromatic rings. The van der Waals surface area contributed by atoms with E-state index in [1.807, 2.05) is 47.6 Å². The van der Waals surface area contributed by atoms with E-state index in [0.717, 1.165) is 50.7 Å². The van der Waals surface area contributed by atoms with Crippen molar-refractivity contribution in [2.75, 3.05) is 31.6 Å². The van der Waals surface area contributed by atoms with Gasteiger partial charge in [-0.15, -0.1) is 24.0 Å². The molecule has 0 radical (unpaired) electrons. The molecule has 146 valence electrons. The quantitative estimate of drug-likeness (QED) is 0.277. The van der Waals surface area contributed by atoms with E-state index in [0.29, 0.717) is 6.42 Å². The molecule has 0 unspecified atom stereocenters. The number of carbonyl (C=O) groups is 1. The largest absolute Gasteiger partial charge is 0.356 e. The third-order valence-electron chi connectivity index (χ3n) is 4.60. The number of fused-ring (bicyclic) bond motifs is 1. The number of aliphatic imine (C=N–C) groups is 1. The second kappa shape index (κ2) is 11.0. The van der Waals surface area contributed by atoms with Gasteiger partial charge < -0.3 is 20.1 Å². The molecule has 0 spiro atoms. The van der Waals surface area contributed by atoms with Crippen LogP contribution in [0.2, 0.25) is 0 Å². The minimum Gasteiger partial charge on any atom is -0.356 e. The zero-order valence-corrected chi connectivity index (χ0v) is 18.1. The topological polar surface area (TPSA) is 61.7 Å². The molecule has 1 aliphatic rings. The normalized spacial score (nSPS) is 13.1. The number of guanidine groups is 1. The number of anilines is 1. The minimum absolute atomic E-state index is 0. The number of nitrogens with one attached hydrogen (secondary N) is 2. The first-order valence-corrected chi connectivity index (χ1v) is 9.21. The second-order valence-electron chi connectivity index (χ2n) is 6.37. The molecule has 0 saturated carbocycles. The third kappa shape index (κ3) is 5.98. The van der Waals surface area contributed by atoms with Crippen LogP contribution in [0.3, 0.4) is 0 Å². The van der Waals surface area contributed by atoms with Crippen molar-refractivity contribution in [1.82, 2.24) is 15.2 Å². The van der Waals surface area contributed by atoms with Crippen molar-refractivity contribution in [3.8, 4) is 0 Å². The Kier molecular flexibility index (Phi) is 8.63. The van der Waals surface area contributed by atoms with Gasteiger partial charge in [-0.1, -0.05) is 18.2 Å². The Labute approximate surface area is 178 Å². The Morgan fingerprint density at radius 2 is 1.85 bits per heavy atom. The predicted molar refractivity (Wildman–Crippen MR) is 121 cm³/mol. The molecule has 1 amide bonds. The summed E-state index contributed by atoms with van der Waals surface area (Å²) < 4.78 is 2.12. The molecule has 0 atom stereocenters. The summed E-state index contributed by atoms with van der Waals surface area (Å²) in [6, 6.07) is 12.2. The average Bonchev–Trinajstić information content (AvgIpc) is 3.33. The first-order chi connectivity index (χ1) is 12.8. The fourth-order valence-corrected chi connectivity index (χ4v) is 3.22. The summed E-state index contributed by atoms with van der Waals surface area (Å²) in [5, 5.41) is 6.56. The SMILES string of the molecule is CN=C(NCCCC(=O)N1CCc2ccccc21)NCCn1cccc1.I. The van der Waals surface area contributed by atoms with Crippen LogP contribution in [0.25, 0.3) is 0 Å². The van der Waals surface area contributed by atoms with Crippen molar-refractivity contribution >= 4 is 41.5 Å². The third-order valence-corrected chi connectivity index (χ3v) is 4.60. The van der Waals surface area contributed by atoms with Crippen LogP contribution in [0.5, 0.6) is 0 Å². The van der Waals surface area contributed by atoms with Crippen molar-refractivity contribution in [1.29, 1.82) is 0 Å². The van der Waals surface area contributed by atoms with Crippen LogP contribution >= 0.6 is 24.0 Å². The Morgan fingerprint density at radius 3 is 2.63 bits per heavy atom. The summed E-state index contributed by atoms with van der Waals surface area (Å²) in [4.78, 5) is 18.6. The van der Waals surface area contributed by atoms with Gasteiger partial charge in [-0.05, 0) is 36.6 Å². The van der Waals surface area contributed by atoms with E-state index in [2.05, 4.69) is 26.3 Å². The number of amides is 1. The summed E-state index contributed by atoms with van der Waals surface area (Å²) in [7, 11) is 1.76. The molecule has 0 saturated heterocycles.